The largest absolute Gasteiger partial charge is 0.497 e. The SMILES string of the molecule is COc1ccc(/C=C2\CC(=O)OC2=O)c(OC)c1. The Balaban J connectivity index is 2.37. The van der Waals surface area contributed by atoms with Gasteiger partial charge in [0.25, 0.3) is 0 Å². The van der Waals surface area contributed by atoms with Crippen LogP contribution in [0, 0.1) is 0 Å². The van der Waals surface area contributed by atoms with Gasteiger partial charge in [0.1, 0.15) is 11.5 Å². The van der Waals surface area contributed by atoms with Crippen LogP contribution in [0.15, 0.2) is 23.8 Å². The van der Waals surface area contributed by atoms with Gasteiger partial charge in [-0.25, -0.2) is 4.79 Å². The number of carbonyl (C=O) groups is 2. The molecule has 1 aliphatic rings. The van der Waals surface area contributed by atoms with Gasteiger partial charge in [0.15, 0.2) is 0 Å². The average Bonchev–Trinajstić information content (AvgIpc) is 2.68. The second-order valence-corrected chi connectivity index (χ2v) is 3.72. The normalized spacial score (nSPS) is 16.9. The molecule has 1 aromatic rings. The third-order valence-electron chi connectivity index (χ3n) is 2.57. The van der Waals surface area contributed by atoms with Gasteiger partial charge in [-0.1, -0.05) is 0 Å². The summed E-state index contributed by atoms with van der Waals surface area (Å²) in [6.45, 7) is 0. The van der Waals surface area contributed by atoms with Crippen molar-refractivity contribution in [3.8, 4) is 11.5 Å². The highest BCUT2D eigenvalue weighted by atomic mass is 16.6. The smallest absolute Gasteiger partial charge is 0.342 e. The molecular formula is C13H12O5. The molecule has 18 heavy (non-hydrogen) atoms. The highest BCUT2D eigenvalue weighted by Crippen LogP contribution is 2.28. The number of hydrogen-bond acceptors (Lipinski definition) is 5. The Morgan fingerprint density at radius 1 is 1.22 bits per heavy atom. The van der Waals surface area contributed by atoms with Crippen molar-refractivity contribution < 1.29 is 23.8 Å². The summed E-state index contributed by atoms with van der Waals surface area (Å²) in [5, 5.41) is 0. The molecule has 5 nitrogen and oxygen atoms in total. The van der Waals surface area contributed by atoms with Crippen LogP contribution in [0.4, 0.5) is 0 Å². The van der Waals surface area contributed by atoms with Crippen LogP contribution < -0.4 is 9.47 Å². The average molecular weight is 248 g/mol. The molecule has 0 aliphatic carbocycles. The molecule has 0 radical (unpaired) electrons. The van der Waals surface area contributed by atoms with Crippen LogP contribution in [0.5, 0.6) is 11.5 Å². The second kappa shape index (κ2) is 4.91. The molecule has 0 atom stereocenters. The molecule has 0 bridgehead atoms. The maximum Gasteiger partial charge on any atom is 0.342 e. The van der Waals surface area contributed by atoms with Crippen molar-refractivity contribution in [3.63, 3.8) is 0 Å². The van der Waals surface area contributed by atoms with Crippen LogP contribution in [-0.2, 0) is 14.3 Å². The Bertz CT molecular complexity index is 530. The van der Waals surface area contributed by atoms with E-state index in [9.17, 15) is 9.59 Å². The monoisotopic (exact) mass is 248 g/mol. The number of carbonyl (C=O) groups excluding carboxylic acids is 2. The minimum Gasteiger partial charge on any atom is -0.497 e. The molecule has 2 rings (SSSR count). The third kappa shape index (κ3) is 2.34. The summed E-state index contributed by atoms with van der Waals surface area (Å²) in [5.74, 6) is 0.0877. The number of hydrogen-bond donors (Lipinski definition) is 0. The lowest BCUT2D eigenvalue weighted by Gasteiger charge is -2.07. The zero-order chi connectivity index (χ0) is 13.1. The van der Waals surface area contributed by atoms with Crippen LogP contribution in [0.25, 0.3) is 6.08 Å². The molecule has 94 valence electrons. The topological polar surface area (TPSA) is 61.8 Å². The predicted octanol–water partition coefficient (Wildman–Crippen LogP) is 1.56. The maximum absolute atomic E-state index is 11.3. The Morgan fingerprint density at radius 2 is 2.00 bits per heavy atom. The second-order valence-electron chi connectivity index (χ2n) is 3.72. The fraction of sp³-hybridized carbons (Fsp3) is 0.231. The van der Waals surface area contributed by atoms with Gasteiger partial charge >= 0.3 is 11.9 Å². The summed E-state index contributed by atoms with van der Waals surface area (Å²) in [6, 6.07) is 5.20. The fourth-order valence-corrected chi connectivity index (χ4v) is 1.67. The number of benzene rings is 1. The first-order valence-corrected chi connectivity index (χ1v) is 5.31. The van der Waals surface area contributed by atoms with E-state index >= 15 is 0 Å². The summed E-state index contributed by atoms with van der Waals surface area (Å²) in [4.78, 5) is 22.3. The van der Waals surface area contributed by atoms with Crippen LogP contribution in [0.1, 0.15) is 12.0 Å². The zero-order valence-corrected chi connectivity index (χ0v) is 10.1. The summed E-state index contributed by atoms with van der Waals surface area (Å²) < 4.78 is 14.7. The Morgan fingerprint density at radius 3 is 2.56 bits per heavy atom. The lowest BCUT2D eigenvalue weighted by atomic mass is 10.1. The van der Waals surface area contributed by atoms with Gasteiger partial charge in [-0.2, -0.15) is 0 Å². The van der Waals surface area contributed by atoms with Gasteiger partial charge in [0.05, 0.1) is 20.6 Å². The van der Waals surface area contributed by atoms with E-state index in [0.29, 0.717) is 22.6 Å². The van der Waals surface area contributed by atoms with Gasteiger partial charge in [0.2, 0.25) is 0 Å². The Kier molecular flexibility index (Phi) is 3.32. The lowest BCUT2D eigenvalue weighted by molar-refractivity contribution is -0.151. The first-order chi connectivity index (χ1) is 8.63. The molecular weight excluding hydrogens is 236 g/mol. The van der Waals surface area contributed by atoms with Crippen molar-refractivity contribution in [2.75, 3.05) is 14.2 Å². The molecule has 0 amide bonds. The van der Waals surface area contributed by atoms with E-state index in [1.165, 1.54) is 7.11 Å². The predicted molar refractivity (Wildman–Crippen MR) is 63.2 cm³/mol. The van der Waals surface area contributed by atoms with Crippen molar-refractivity contribution in [3.05, 3.63) is 29.3 Å². The van der Waals surface area contributed by atoms with Crippen molar-refractivity contribution in [2.24, 2.45) is 0 Å². The molecule has 0 N–H and O–H groups in total. The molecule has 1 saturated heterocycles. The highest BCUT2D eigenvalue weighted by Gasteiger charge is 2.27. The highest BCUT2D eigenvalue weighted by molar-refractivity contribution is 6.08. The van der Waals surface area contributed by atoms with E-state index in [-0.39, 0.29) is 6.42 Å². The van der Waals surface area contributed by atoms with Crippen molar-refractivity contribution in [2.45, 2.75) is 6.42 Å². The number of cyclic esters (lactones) is 2. The molecule has 1 fully saturated rings. The van der Waals surface area contributed by atoms with Gasteiger partial charge in [-0.05, 0) is 18.2 Å². The molecule has 0 unspecified atom stereocenters. The third-order valence-corrected chi connectivity index (χ3v) is 2.57. The van der Waals surface area contributed by atoms with Crippen molar-refractivity contribution in [1.82, 2.24) is 0 Å². The Hall–Kier alpha value is -2.30. The van der Waals surface area contributed by atoms with E-state index in [2.05, 4.69) is 4.74 Å². The first kappa shape index (κ1) is 12.2. The summed E-state index contributed by atoms with van der Waals surface area (Å²) in [6.07, 6.45) is 1.58. The van der Waals surface area contributed by atoms with Crippen LogP contribution >= 0.6 is 0 Å². The fourth-order valence-electron chi connectivity index (χ4n) is 1.67. The molecule has 0 saturated carbocycles. The van der Waals surface area contributed by atoms with Gasteiger partial charge in [-0.3, -0.25) is 4.79 Å². The molecule has 0 spiro atoms. The van der Waals surface area contributed by atoms with E-state index in [0.717, 1.165) is 0 Å². The van der Waals surface area contributed by atoms with E-state index in [4.69, 9.17) is 9.47 Å². The quantitative estimate of drug-likeness (QED) is 0.461. The summed E-state index contributed by atoms with van der Waals surface area (Å²) in [5.41, 5.74) is 1.02. The molecule has 1 aliphatic heterocycles. The van der Waals surface area contributed by atoms with E-state index < -0.39 is 11.9 Å². The number of methoxy groups -OCH3 is 2. The van der Waals surface area contributed by atoms with Gasteiger partial charge in [-0.15, -0.1) is 0 Å². The number of rotatable bonds is 3. The first-order valence-electron chi connectivity index (χ1n) is 5.31. The zero-order valence-electron chi connectivity index (χ0n) is 10.1. The Labute approximate surface area is 104 Å². The molecule has 0 aromatic heterocycles. The van der Waals surface area contributed by atoms with Gasteiger partial charge < -0.3 is 14.2 Å². The van der Waals surface area contributed by atoms with Crippen LogP contribution in [0.3, 0.4) is 0 Å². The maximum atomic E-state index is 11.3. The van der Waals surface area contributed by atoms with Crippen LogP contribution in [0.2, 0.25) is 0 Å². The summed E-state index contributed by atoms with van der Waals surface area (Å²) in [7, 11) is 3.08. The standard InChI is InChI=1S/C13H12O5/c1-16-10-4-3-8(11(7-10)17-2)5-9-6-12(14)18-13(9)15/h3-5,7H,6H2,1-2H3/b9-5+. The minimum absolute atomic E-state index is 0.00594. The van der Waals surface area contributed by atoms with Crippen molar-refractivity contribution in [1.29, 1.82) is 0 Å². The minimum atomic E-state index is -0.599. The lowest BCUT2D eigenvalue weighted by Crippen LogP contribution is -1.97. The van der Waals surface area contributed by atoms with Crippen LogP contribution in [-0.4, -0.2) is 26.2 Å². The van der Waals surface area contributed by atoms with E-state index in [1.807, 2.05) is 0 Å². The number of ether oxygens (including phenoxy) is 3. The number of esters is 2. The van der Waals surface area contributed by atoms with Gasteiger partial charge in [0, 0.05) is 17.2 Å². The summed E-state index contributed by atoms with van der Waals surface area (Å²) >= 11 is 0. The molecule has 1 heterocycles. The van der Waals surface area contributed by atoms with Crippen molar-refractivity contribution >= 4 is 18.0 Å². The molecule has 1 aromatic carbocycles. The van der Waals surface area contributed by atoms with E-state index in [1.54, 1.807) is 31.4 Å². The molecule has 5 heteroatoms.